The molecular formula is C20H18N4O2. The molecule has 0 N–H and O–H groups in total. The van der Waals surface area contributed by atoms with Crippen molar-refractivity contribution in [1.82, 2.24) is 18.9 Å². The molecule has 0 radical (unpaired) electrons. The molecule has 4 aromatic rings. The Labute approximate surface area is 149 Å². The summed E-state index contributed by atoms with van der Waals surface area (Å²) in [5.41, 5.74) is 2.39. The number of carbonyl (C=O) groups excluding carboxylic acids is 1. The van der Waals surface area contributed by atoms with Gasteiger partial charge < -0.3 is 9.47 Å². The second kappa shape index (κ2) is 6.15. The molecule has 0 unspecified atom stereocenters. The van der Waals surface area contributed by atoms with Crippen LogP contribution in [0.4, 0.5) is 0 Å². The molecule has 0 saturated heterocycles. The first-order valence-corrected chi connectivity index (χ1v) is 8.32. The summed E-state index contributed by atoms with van der Waals surface area (Å²) in [4.78, 5) is 31.8. The van der Waals surface area contributed by atoms with Gasteiger partial charge in [-0.05, 0) is 23.8 Å². The number of fused-ring (bicyclic) bond motifs is 2. The van der Waals surface area contributed by atoms with Crippen LogP contribution in [0.1, 0.15) is 16.1 Å². The van der Waals surface area contributed by atoms with Crippen molar-refractivity contribution in [2.24, 2.45) is 7.05 Å². The Balaban J connectivity index is 1.78. The lowest BCUT2D eigenvalue weighted by Gasteiger charge is -2.17. The number of rotatable bonds is 3. The number of aromatic nitrogens is 3. The second-order valence-corrected chi connectivity index (χ2v) is 6.32. The van der Waals surface area contributed by atoms with Crippen molar-refractivity contribution in [2.45, 2.75) is 6.54 Å². The Bertz CT molecular complexity index is 1180. The quantitative estimate of drug-likeness (QED) is 0.572. The second-order valence-electron chi connectivity index (χ2n) is 6.32. The summed E-state index contributed by atoms with van der Waals surface area (Å²) >= 11 is 0. The van der Waals surface area contributed by atoms with E-state index in [1.807, 2.05) is 36.4 Å². The van der Waals surface area contributed by atoms with E-state index in [1.54, 1.807) is 48.0 Å². The molecule has 0 aliphatic rings. The molecular weight excluding hydrogens is 328 g/mol. The van der Waals surface area contributed by atoms with Gasteiger partial charge in [-0.2, -0.15) is 0 Å². The SMILES string of the molecule is CN(Cc1ccccc1)C(=O)c1cc2c(=O)n3ccccc3nc2n1C. The predicted molar refractivity (Wildman–Crippen MR) is 100 cm³/mol. The Morgan fingerprint density at radius 1 is 1.12 bits per heavy atom. The zero-order chi connectivity index (χ0) is 18.3. The van der Waals surface area contributed by atoms with Gasteiger partial charge >= 0.3 is 0 Å². The molecule has 0 aliphatic heterocycles. The van der Waals surface area contributed by atoms with Crippen molar-refractivity contribution in [2.75, 3.05) is 7.05 Å². The van der Waals surface area contributed by atoms with Crippen LogP contribution in [0.2, 0.25) is 0 Å². The molecule has 0 atom stereocenters. The Morgan fingerprint density at radius 2 is 1.85 bits per heavy atom. The molecule has 0 spiro atoms. The first-order chi connectivity index (χ1) is 12.6. The van der Waals surface area contributed by atoms with E-state index < -0.39 is 0 Å². The van der Waals surface area contributed by atoms with E-state index in [4.69, 9.17) is 0 Å². The molecule has 0 fully saturated rings. The van der Waals surface area contributed by atoms with Crippen molar-refractivity contribution in [3.05, 3.63) is 82.4 Å². The summed E-state index contributed by atoms with van der Waals surface area (Å²) in [6, 6.07) is 16.8. The fourth-order valence-electron chi connectivity index (χ4n) is 3.15. The van der Waals surface area contributed by atoms with Gasteiger partial charge in [-0.15, -0.1) is 0 Å². The number of pyridine rings is 1. The number of benzene rings is 1. The summed E-state index contributed by atoms with van der Waals surface area (Å²) in [7, 11) is 3.52. The fourth-order valence-corrected chi connectivity index (χ4v) is 3.15. The van der Waals surface area contributed by atoms with Crippen molar-refractivity contribution in [3.63, 3.8) is 0 Å². The first kappa shape index (κ1) is 16.1. The highest BCUT2D eigenvalue weighted by Gasteiger charge is 2.20. The third-order valence-electron chi connectivity index (χ3n) is 4.54. The minimum absolute atomic E-state index is 0.150. The van der Waals surface area contributed by atoms with Crippen molar-refractivity contribution in [3.8, 4) is 0 Å². The van der Waals surface area contributed by atoms with Gasteiger partial charge in [0.15, 0.2) is 0 Å². The normalized spacial score (nSPS) is 11.2. The van der Waals surface area contributed by atoms with Gasteiger partial charge in [-0.1, -0.05) is 36.4 Å². The van der Waals surface area contributed by atoms with Crippen LogP contribution in [-0.4, -0.2) is 31.8 Å². The lowest BCUT2D eigenvalue weighted by Crippen LogP contribution is -2.27. The summed E-state index contributed by atoms with van der Waals surface area (Å²) in [6.45, 7) is 0.496. The highest BCUT2D eigenvalue weighted by atomic mass is 16.2. The molecule has 0 saturated carbocycles. The van der Waals surface area contributed by atoms with Gasteiger partial charge in [0, 0.05) is 26.8 Å². The Morgan fingerprint density at radius 3 is 2.62 bits per heavy atom. The van der Waals surface area contributed by atoms with Crippen molar-refractivity contribution < 1.29 is 4.79 Å². The molecule has 6 heteroatoms. The molecule has 1 amide bonds. The standard InChI is InChI=1S/C20H18N4O2/c1-22(13-14-8-4-3-5-9-14)20(26)16-12-15-18(23(16)2)21-17-10-6-7-11-24(17)19(15)25/h3-12H,13H2,1-2H3. The van der Waals surface area contributed by atoms with Crippen molar-refractivity contribution >= 4 is 22.6 Å². The monoisotopic (exact) mass is 346 g/mol. The lowest BCUT2D eigenvalue weighted by atomic mass is 10.2. The minimum Gasteiger partial charge on any atom is -0.336 e. The summed E-state index contributed by atoms with van der Waals surface area (Å²) in [6.07, 6.45) is 1.68. The third-order valence-corrected chi connectivity index (χ3v) is 4.54. The molecule has 6 nitrogen and oxygen atoms in total. The van der Waals surface area contributed by atoms with E-state index in [-0.39, 0.29) is 11.5 Å². The summed E-state index contributed by atoms with van der Waals surface area (Å²) < 4.78 is 3.18. The molecule has 3 heterocycles. The number of aryl methyl sites for hydroxylation is 1. The maximum Gasteiger partial charge on any atom is 0.270 e. The van der Waals surface area contributed by atoms with Crippen LogP contribution < -0.4 is 5.56 Å². The number of nitrogens with zero attached hydrogens (tertiary/aromatic N) is 4. The summed E-state index contributed by atoms with van der Waals surface area (Å²) in [5.74, 6) is -0.150. The van der Waals surface area contributed by atoms with Crippen LogP contribution in [0.3, 0.4) is 0 Å². The first-order valence-electron chi connectivity index (χ1n) is 8.32. The van der Waals surface area contributed by atoms with Gasteiger partial charge in [0.05, 0.1) is 5.39 Å². The van der Waals surface area contributed by atoms with E-state index in [0.717, 1.165) is 5.56 Å². The van der Waals surface area contributed by atoms with Crippen LogP contribution in [0, 0.1) is 0 Å². The van der Waals surface area contributed by atoms with Gasteiger partial charge in [0.2, 0.25) is 0 Å². The number of amides is 1. The Kier molecular flexibility index (Phi) is 3.80. The number of hydrogen-bond donors (Lipinski definition) is 0. The number of carbonyl (C=O) groups is 1. The average Bonchev–Trinajstić information content (AvgIpc) is 2.99. The Hall–Kier alpha value is -3.41. The molecule has 4 rings (SSSR count). The predicted octanol–water partition coefficient (Wildman–Crippen LogP) is 2.46. The van der Waals surface area contributed by atoms with Crippen LogP contribution in [0.5, 0.6) is 0 Å². The smallest absolute Gasteiger partial charge is 0.270 e. The van der Waals surface area contributed by atoms with E-state index in [2.05, 4.69) is 4.98 Å². The van der Waals surface area contributed by atoms with E-state index in [0.29, 0.717) is 28.9 Å². The molecule has 26 heavy (non-hydrogen) atoms. The largest absolute Gasteiger partial charge is 0.336 e. The molecule has 0 bridgehead atoms. The van der Waals surface area contributed by atoms with Gasteiger partial charge in [-0.25, -0.2) is 4.98 Å². The van der Waals surface area contributed by atoms with Crippen LogP contribution in [-0.2, 0) is 13.6 Å². The highest BCUT2D eigenvalue weighted by molar-refractivity contribution is 5.97. The zero-order valence-electron chi connectivity index (χ0n) is 14.6. The van der Waals surface area contributed by atoms with E-state index in [9.17, 15) is 9.59 Å². The number of hydrogen-bond acceptors (Lipinski definition) is 3. The maximum atomic E-state index is 12.9. The fraction of sp³-hybridized carbons (Fsp3) is 0.150. The molecule has 130 valence electrons. The maximum absolute atomic E-state index is 12.9. The average molecular weight is 346 g/mol. The molecule has 0 aliphatic carbocycles. The van der Waals surface area contributed by atoms with Gasteiger partial charge in [0.25, 0.3) is 11.5 Å². The van der Waals surface area contributed by atoms with Crippen molar-refractivity contribution in [1.29, 1.82) is 0 Å². The third kappa shape index (κ3) is 2.56. The molecule has 1 aromatic carbocycles. The highest BCUT2D eigenvalue weighted by Crippen LogP contribution is 2.17. The van der Waals surface area contributed by atoms with Crippen LogP contribution in [0.25, 0.3) is 16.7 Å². The minimum atomic E-state index is -0.175. The van der Waals surface area contributed by atoms with Gasteiger partial charge in [0.1, 0.15) is 17.0 Å². The summed E-state index contributed by atoms with van der Waals surface area (Å²) in [5, 5.41) is 0.438. The lowest BCUT2D eigenvalue weighted by molar-refractivity contribution is 0.0776. The van der Waals surface area contributed by atoms with E-state index in [1.165, 1.54) is 4.40 Å². The molecule has 3 aromatic heterocycles. The van der Waals surface area contributed by atoms with Crippen LogP contribution in [0.15, 0.2) is 65.6 Å². The zero-order valence-corrected chi connectivity index (χ0v) is 14.6. The van der Waals surface area contributed by atoms with Crippen LogP contribution >= 0.6 is 0 Å². The van der Waals surface area contributed by atoms with E-state index >= 15 is 0 Å². The topological polar surface area (TPSA) is 59.6 Å². The van der Waals surface area contributed by atoms with Gasteiger partial charge in [-0.3, -0.25) is 14.0 Å².